The lowest BCUT2D eigenvalue weighted by Crippen LogP contribution is -2.10. The first-order chi connectivity index (χ1) is 12.0. The van der Waals surface area contributed by atoms with E-state index in [2.05, 4.69) is 0 Å². The number of allylic oxidation sites excluding steroid dienone is 1. The van der Waals surface area contributed by atoms with Crippen molar-refractivity contribution in [1.82, 2.24) is 0 Å². The van der Waals surface area contributed by atoms with E-state index in [1.54, 1.807) is 6.07 Å². The van der Waals surface area contributed by atoms with E-state index in [1.807, 2.05) is 6.07 Å². The maximum atomic E-state index is 13.9. The molecule has 0 spiro atoms. The van der Waals surface area contributed by atoms with Crippen molar-refractivity contribution in [3.8, 4) is 17.6 Å². The van der Waals surface area contributed by atoms with Crippen LogP contribution in [0.5, 0.6) is 11.5 Å². The number of aliphatic carboxylic acids is 1. The summed E-state index contributed by atoms with van der Waals surface area (Å²) in [5, 5.41) is 18.1. The Labute approximate surface area is 148 Å². The molecule has 128 valence electrons. The highest BCUT2D eigenvalue weighted by Gasteiger charge is 2.14. The Bertz CT molecular complexity index is 874. The van der Waals surface area contributed by atoms with Crippen LogP contribution in [0.1, 0.15) is 11.1 Å². The zero-order valence-corrected chi connectivity index (χ0v) is 13.9. The molecule has 0 aliphatic carbocycles. The van der Waals surface area contributed by atoms with Crippen LogP contribution in [-0.2, 0) is 4.79 Å². The molecule has 0 unspecified atom stereocenters. The summed E-state index contributed by atoms with van der Waals surface area (Å²) in [6, 6.07) is 10.8. The molecule has 0 aromatic heterocycles. The van der Waals surface area contributed by atoms with Crippen LogP contribution in [-0.4, -0.2) is 24.8 Å². The Morgan fingerprint density at radius 1 is 1.40 bits per heavy atom. The van der Waals surface area contributed by atoms with Gasteiger partial charge < -0.3 is 14.6 Å². The van der Waals surface area contributed by atoms with Crippen molar-refractivity contribution < 1.29 is 23.8 Å². The van der Waals surface area contributed by atoms with Crippen LogP contribution in [0.25, 0.3) is 11.6 Å². The quantitative estimate of drug-likeness (QED) is 0.621. The van der Waals surface area contributed by atoms with Crippen LogP contribution in [0.4, 0.5) is 4.39 Å². The van der Waals surface area contributed by atoms with Crippen molar-refractivity contribution in [2.75, 3.05) is 13.7 Å². The smallest absolute Gasteiger partial charge is 0.341 e. The molecule has 0 saturated carbocycles. The molecule has 0 atom stereocenters. The Morgan fingerprint density at radius 2 is 2.12 bits per heavy atom. The van der Waals surface area contributed by atoms with Gasteiger partial charge in [0.25, 0.3) is 0 Å². The molecule has 1 N–H and O–H groups in total. The molecule has 2 aromatic carbocycles. The normalized spacial score (nSPS) is 10.9. The summed E-state index contributed by atoms with van der Waals surface area (Å²) in [6.07, 6.45) is 1.45. The number of carboxylic acids is 1. The number of hydrogen-bond acceptors (Lipinski definition) is 4. The summed E-state index contributed by atoms with van der Waals surface area (Å²) in [4.78, 5) is 10.6. The monoisotopic (exact) mass is 361 g/mol. The molecule has 2 aromatic rings. The van der Waals surface area contributed by atoms with E-state index in [-0.39, 0.29) is 27.7 Å². The minimum atomic E-state index is -1.16. The third-order valence-electron chi connectivity index (χ3n) is 3.19. The van der Waals surface area contributed by atoms with Gasteiger partial charge in [0.2, 0.25) is 0 Å². The van der Waals surface area contributed by atoms with Crippen LogP contribution in [0.3, 0.4) is 0 Å². The van der Waals surface area contributed by atoms with Crippen LogP contribution in [0.15, 0.2) is 36.4 Å². The second-order valence-corrected chi connectivity index (χ2v) is 5.27. The summed E-state index contributed by atoms with van der Waals surface area (Å²) >= 11 is 6.12. The van der Waals surface area contributed by atoms with Crippen LogP contribution in [0.2, 0.25) is 5.02 Å². The number of nitrogens with zero attached hydrogens (tertiary/aromatic N) is 1. The van der Waals surface area contributed by atoms with E-state index >= 15 is 0 Å². The predicted octanol–water partition coefficient (Wildman–Crippen LogP) is 4.02. The summed E-state index contributed by atoms with van der Waals surface area (Å²) in [5.74, 6) is -1.40. The summed E-state index contributed by atoms with van der Waals surface area (Å²) < 4.78 is 24.1. The summed E-state index contributed by atoms with van der Waals surface area (Å²) in [6.45, 7) is -0.579. The van der Waals surface area contributed by atoms with Gasteiger partial charge in [0.05, 0.1) is 23.8 Å². The molecule has 0 radical (unpaired) electrons. The zero-order chi connectivity index (χ0) is 18.4. The molecule has 0 heterocycles. The highest BCUT2D eigenvalue weighted by molar-refractivity contribution is 6.32. The number of carboxylic acid groups (broad SMARTS) is 1. The summed E-state index contributed by atoms with van der Waals surface area (Å²) in [5.41, 5.74) is 0.742. The van der Waals surface area contributed by atoms with Crippen LogP contribution < -0.4 is 9.47 Å². The molecule has 0 aliphatic heterocycles. The fourth-order valence-electron chi connectivity index (χ4n) is 2.11. The zero-order valence-electron chi connectivity index (χ0n) is 13.1. The number of methoxy groups -OCH3 is 1. The largest absolute Gasteiger partial charge is 0.493 e. The van der Waals surface area contributed by atoms with Crippen molar-refractivity contribution in [2.45, 2.75) is 0 Å². The molecule has 7 heteroatoms. The minimum Gasteiger partial charge on any atom is -0.493 e. The van der Waals surface area contributed by atoms with Gasteiger partial charge in [-0.15, -0.1) is 0 Å². The fraction of sp³-hybridized carbons (Fsp3) is 0.111. The van der Waals surface area contributed by atoms with Crippen molar-refractivity contribution >= 4 is 29.2 Å². The first-order valence-corrected chi connectivity index (χ1v) is 7.43. The number of benzene rings is 2. The van der Waals surface area contributed by atoms with Gasteiger partial charge in [-0.25, -0.2) is 9.18 Å². The number of nitriles is 1. The highest BCUT2D eigenvalue weighted by atomic mass is 35.5. The van der Waals surface area contributed by atoms with E-state index < -0.39 is 18.4 Å². The van der Waals surface area contributed by atoms with Gasteiger partial charge in [0.1, 0.15) is 5.82 Å². The standard InChI is InChI=1S/C18H13ClFNO4/c1-24-16-8-11(7-14(19)18(16)25-10-17(22)23)6-12(9-21)13-4-2-3-5-15(13)20/h2-8H,10H2,1H3,(H,22,23). The number of carbonyl (C=O) groups is 1. The second kappa shape index (κ2) is 8.18. The van der Waals surface area contributed by atoms with E-state index in [0.717, 1.165) is 0 Å². The fourth-order valence-corrected chi connectivity index (χ4v) is 2.39. The first kappa shape index (κ1) is 18.3. The van der Waals surface area contributed by atoms with Gasteiger partial charge >= 0.3 is 5.97 Å². The van der Waals surface area contributed by atoms with E-state index in [1.165, 1.54) is 43.5 Å². The molecule has 0 saturated heterocycles. The number of halogens is 2. The average molecular weight is 362 g/mol. The van der Waals surface area contributed by atoms with Crippen molar-refractivity contribution in [1.29, 1.82) is 5.26 Å². The molecule has 25 heavy (non-hydrogen) atoms. The number of rotatable bonds is 6. The maximum absolute atomic E-state index is 13.9. The molecular formula is C18H13ClFNO4. The van der Waals surface area contributed by atoms with E-state index in [0.29, 0.717) is 5.56 Å². The van der Waals surface area contributed by atoms with Crippen LogP contribution >= 0.6 is 11.6 Å². The molecular weight excluding hydrogens is 349 g/mol. The average Bonchev–Trinajstić information content (AvgIpc) is 2.58. The molecule has 0 fully saturated rings. The lowest BCUT2D eigenvalue weighted by molar-refractivity contribution is -0.139. The van der Waals surface area contributed by atoms with Gasteiger partial charge in [0.15, 0.2) is 18.1 Å². The molecule has 0 aliphatic rings. The van der Waals surface area contributed by atoms with Gasteiger partial charge in [-0.1, -0.05) is 29.8 Å². The third-order valence-corrected chi connectivity index (χ3v) is 3.47. The molecule has 2 rings (SSSR count). The lowest BCUT2D eigenvalue weighted by atomic mass is 10.0. The van der Waals surface area contributed by atoms with Crippen molar-refractivity contribution in [2.24, 2.45) is 0 Å². The van der Waals surface area contributed by atoms with Gasteiger partial charge in [-0.2, -0.15) is 5.26 Å². The number of ether oxygens (including phenoxy) is 2. The molecule has 0 amide bonds. The van der Waals surface area contributed by atoms with Gasteiger partial charge in [-0.3, -0.25) is 0 Å². The Balaban J connectivity index is 2.46. The number of hydrogen-bond donors (Lipinski definition) is 1. The van der Waals surface area contributed by atoms with Crippen molar-refractivity contribution in [3.63, 3.8) is 0 Å². The molecule has 0 bridgehead atoms. The van der Waals surface area contributed by atoms with Gasteiger partial charge in [0, 0.05) is 5.56 Å². The van der Waals surface area contributed by atoms with E-state index in [4.69, 9.17) is 26.2 Å². The van der Waals surface area contributed by atoms with Crippen molar-refractivity contribution in [3.05, 3.63) is 58.4 Å². The predicted molar refractivity (Wildman–Crippen MR) is 91.0 cm³/mol. The SMILES string of the molecule is COc1cc(C=C(C#N)c2ccccc2F)cc(Cl)c1OCC(=O)O. The highest BCUT2D eigenvalue weighted by Crippen LogP contribution is 2.37. The van der Waals surface area contributed by atoms with Gasteiger partial charge in [-0.05, 0) is 29.8 Å². The third kappa shape index (κ3) is 4.49. The Morgan fingerprint density at radius 3 is 2.72 bits per heavy atom. The Hall–Kier alpha value is -3.04. The van der Waals surface area contributed by atoms with E-state index in [9.17, 15) is 14.4 Å². The summed E-state index contributed by atoms with van der Waals surface area (Å²) in [7, 11) is 1.37. The molecule has 5 nitrogen and oxygen atoms in total. The minimum absolute atomic E-state index is 0.0770. The Kier molecular flexibility index (Phi) is 5.98. The van der Waals surface area contributed by atoms with Crippen LogP contribution in [0, 0.1) is 17.1 Å². The first-order valence-electron chi connectivity index (χ1n) is 7.05. The second-order valence-electron chi connectivity index (χ2n) is 4.87. The maximum Gasteiger partial charge on any atom is 0.341 e. The lowest BCUT2D eigenvalue weighted by Gasteiger charge is -2.12. The topological polar surface area (TPSA) is 79.5 Å².